The van der Waals surface area contributed by atoms with E-state index in [-0.39, 0.29) is 0 Å². The molecule has 0 spiro atoms. The minimum Gasteiger partial charge on any atom is -0.316 e. The van der Waals surface area contributed by atoms with Crippen molar-refractivity contribution in [1.29, 1.82) is 0 Å². The highest BCUT2D eigenvalue weighted by atomic mass is 35.5. The van der Waals surface area contributed by atoms with Crippen LogP contribution in [0.4, 0.5) is 0 Å². The lowest BCUT2D eigenvalue weighted by Crippen LogP contribution is -2.18. The molecule has 0 saturated heterocycles. The van der Waals surface area contributed by atoms with Gasteiger partial charge in [-0.2, -0.15) is 16.8 Å². The van der Waals surface area contributed by atoms with E-state index in [0.29, 0.717) is 25.4 Å². The second-order valence-corrected chi connectivity index (χ2v) is 8.46. The largest absolute Gasteiger partial charge is 0.316 e. The standard InChI is InChI=1S/C17H13Cl3N2OS2/c1-24-7-6-22-14-5-3-11(19)9-15(14)25-17(22)21-16(23)12-8-10(18)2-4-13(12)20/h2-5,8-9H,6-7H2,1H3. The molecule has 25 heavy (non-hydrogen) atoms. The predicted octanol–water partition coefficient (Wildman–Crippen LogP) is 5.77. The number of carbonyl (C=O) groups is 1. The quantitative estimate of drug-likeness (QED) is 0.526. The molecule has 0 radical (unpaired) electrons. The molecule has 0 unspecified atom stereocenters. The third-order valence-electron chi connectivity index (χ3n) is 3.52. The summed E-state index contributed by atoms with van der Waals surface area (Å²) >= 11 is 21.3. The maximum atomic E-state index is 12.6. The number of thioether (sulfide) groups is 1. The Hall–Kier alpha value is -0.980. The van der Waals surface area contributed by atoms with Crippen LogP contribution in [-0.2, 0) is 6.54 Å². The Morgan fingerprint density at radius 2 is 1.88 bits per heavy atom. The molecule has 2 aromatic carbocycles. The van der Waals surface area contributed by atoms with E-state index in [1.54, 1.807) is 23.9 Å². The van der Waals surface area contributed by atoms with Gasteiger partial charge < -0.3 is 4.57 Å². The van der Waals surface area contributed by atoms with Crippen LogP contribution >= 0.6 is 57.9 Å². The number of carbonyl (C=O) groups excluding carboxylic acids is 1. The van der Waals surface area contributed by atoms with Crippen LogP contribution in [0.5, 0.6) is 0 Å². The molecule has 0 bridgehead atoms. The lowest BCUT2D eigenvalue weighted by Gasteiger charge is -2.04. The first-order valence-electron chi connectivity index (χ1n) is 7.31. The van der Waals surface area contributed by atoms with Crippen LogP contribution in [0.3, 0.4) is 0 Å². The zero-order valence-corrected chi connectivity index (χ0v) is 17.0. The molecule has 1 heterocycles. The molecule has 0 aliphatic heterocycles. The molecule has 0 atom stereocenters. The summed E-state index contributed by atoms with van der Waals surface area (Å²) in [6.07, 6.45) is 2.04. The van der Waals surface area contributed by atoms with Crippen LogP contribution in [0.25, 0.3) is 10.2 Å². The number of amides is 1. The maximum absolute atomic E-state index is 12.6. The van der Waals surface area contributed by atoms with Crippen molar-refractivity contribution < 1.29 is 4.79 Å². The summed E-state index contributed by atoms with van der Waals surface area (Å²) in [6, 6.07) is 10.4. The number of nitrogens with zero attached hydrogens (tertiary/aromatic N) is 2. The van der Waals surface area contributed by atoms with Crippen LogP contribution < -0.4 is 4.80 Å². The molecule has 3 aromatic rings. The van der Waals surface area contributed by atoms with Crippen molar-refractivity contribution >= 4 is 74.0 Å². The Labute approximate surface area is 168 Å². The van der Waals surface area contributed by atoms with Gasteiger partial charge in [-0.1, -0.05) is 46.1 Å². The lowest BCUT2D eigenvalue weighted by atomic mass is 10.2. The Morgan fingerprint density at radius 1 is 1.16 bits per heavy atom. The van der Waals surface area contributed by atoms with Crippen LogP contribution in [0.2, 0.25) is 15.1 Å². The van der Waals surface area contributed by atoms with Crippen molar-refractivity contribution in [2.75, 3.05) is 12.0 Å². The van der Waals surface area contributed by atoms with Crippen molar-refractivity contribution in [1.82, 2.24) is 4.57 Å². The Bertz CT molecular complexity index is 1010. The second kappa shape index (κ2) is 8.14. The van der Waals surface area contributed by atoms with Crippen molar-refractivity contribution in [2.24, 2.45) is 4.99 Å². The Kier molecular flexibility index (Phi) is 6.12. The molecular formula is C17H13Cl3N2OS2. The number of halogens is 3. The highest BCUT2D eigenvalue weighted by molar-refractivity contribution is 7.98. The average Bonchev–Trinajstić information content (AvgIpc) is 2.91. The van der Waals surface area contributed by atoms with E-state index in [0.717, 1.165) is 22.5 Å². The summed E-state index contributed by atoms with van der Waals surface area (Å²) < 4.78 is 3.01. The summed E-state index contributed by atoms with van der Waals surface area (Å²) in [5.74, 6) is 0.497. The van der Waals surface area contributed by atoms with Crippen molar-refractivity contribution in [3.05, 3.63) is 61.8 Å². The van der Waals surface area contributed by atoms with Gasteiger partial charge in [0.1, 0.15) is 0 Å². The van der Waals surface area contributed by atoms with E-state index >= 15 is 0 Å². The van der Waals surface area contributed by atoms with Crippen molar-refractivity contribution in [2.45, 2.75) is 6.54 Å². The maximum Gasteiger partial charge on any atom is 0.281 e. The van der Waals surface area contributed by atoms with Gasteiger partial charge in [0.15, 0.2) is 4.80 Å². The van der Waals surface area contributed by atoms with E-state index < -0.39 is 5.91 Å². The SMILES string of the molecule is CSCCn1c(=NC(=O)c2cc(Cl)ccc2Cl)sc2cc(Cl)ccc21. The number of thiazole rings is 1. The molecule has 0 saturated carbocycles. The average molecular weight is 432 g/mol. The minimum atomic E-state index is -0.414. The molecule has 3 nitrogen and oxygen atoms in total. The third kappa shape index (κ3) is 4.23. The number of aryl methyl sites for hydroxylation is 1. The molecule has 0 aliphatic rings. The fourth-order valence-electron chi connectivity index (χ4n) is 2.34. The molecule has 1 amide bonds. The smallest absolute Gasteiger partial charge is 0.281 e. The molecule has 130 valence electrons. The van der Waals surface area contributed by atoms with Gasteiger partial charge in [0.25, 0.3) is 5.91 Å². The highest BCUT2D eigenvalue weighted by Crippen LogP contribution is 2.24. The van der Waals surface area contributed by atoms with Gasteiger partial charge in [0.2, 0.25) is 0 Å². The van der Waals surface area contributed by atoms with Gasteiger partial charge in [-0.05, 0) is 42.7 Å². The number of fused-ring (bicyclic) bond motifs is 1. The number of hydrogen-bond acceptors (Lipinski definition) is 3. The first kappa shape index (κ1) is 18.8. The van der Waals surface area contributed by atoms with E-state index in [9.17, 15) is 4.79 Å². The van der Waals surface area contributed by atoms with Gasteiger partial charge in [-0.25, -0.2) is 0 Å². The number of hydrogen-bond donors (Lipinski definition) is 0. The highest BCUT2D eigenvalue weighted by Gasteiger charge is 2.13. The fourth-order valence-corrected chi connectivity index (χ4v) is 4.41. The van der Waals surface area contributed by atoms with Crippen molar-refractivity contribution in [3.8, 4) is 0 Å². The second-order valence-electron chi connectivity index (χ2n) is 5.18. The summed E-state index contributed by atoms with van der Waals surface area (Å²) in [5, 5.41) is 1.43. The fraction of sp³-hybridized carbons (Fsp3) is 0.176. The monoisotopic (exact) mass is 430 g/mol. The first-order valence-corrected chi connectivity index (χ1v) is 10.7. The van der Waals surface area contributed by atoms with Gasteiger partial charge >= 0.3 is 0 Å². The predicted molar refractivity (Wildman–Crippen MR) is 110 cm³/mol. The normalized spacial score (nSPS) is 12.1. The molecule has 1 aromatic heterocycles. The van der Waals surface area contributed by atoms with Gasteiger partial charge in [0.05, 0.1) is 20.8 Å². The molecule has 3 rings (SSSR count). The van der Waals surface area contributed by atoms with Crippen LogP contribution in [-0.4, -0.2) is 22.5 Å². The minimum absolute atomic E-state index is 0.293. The Balaban J connectivity index is 2.14. The van der Waals surface area contributed by atoms with E-state index in [1.807, 2.05) is 29.0 Å². The molecule has 0 fully saturated rings. The van der Waals surface area contributed by atoms with Gasteiger partial charge in [-0.3, -0.25) is 4.79 Å². The van der Waals surface area contributed by atoms with E-state index in [1.165, 1.54) is 17.4 Å². The first-order chi connectivity index (χ1) is 12.0. The summed E-state index contributed by atoms with van der Waals surface area (Å²) in [4.78, 5) is 17.5. The summed E-state index contributed by atoms with van der Waals surface area (Å²) in [7, 11) is 0. The number of rotatable bonds is 4. The van der Waals surface area contributed by atoms with Gasteiger partial charge in [-0.15, -0.1) is 0 Å². The molecule has 0 aliphatic carbocycles. The number of aromatic nitrogens is 1. The molecule has 8 heteroatoms. The molecule has 0 N–H and O–H groups in total. The van der Waals surface area contributed by atoms with Crippen LogP contribution in [0, 0.1) is 0 Å². The topological polar surface area (TPSA) is 34.4 Å². The molecular weight excluding hydrogens is 419 g/mol. The summed E-state index contributed by atoms with van der Waals surface area (Å²) in [5.41, 5.74) is 1.30. The zero-order valence-electron chi connectivity index (χ0n) is 13.1. The zero-order chi connectivity index (χ0) is 18.0. The van der Waals surface area contributed by atoms with Crippen LogP contribution in [0.1, 0.15) is 10.4 Å². The summed E-state index contributed by atoms with van der Waals surface area (Å²) in [6.45, 7) is 0.748. The van der Waals surface area contributed by atoms with Crippen molar-refractivity contribution in [3.63, 3.8) is 0 Å². The lowest BCUT2D eigenvalue weighted by molar-refractivity contribution is 0.0998. The Morgan fingerprint density at radius 3 is 2.64 bits per heavy atom. The third-order valence-corrected chi connectivity index (χ3v) is 5.95. The number of benzene rings is 2. The van der Waals surface area contributed by atoms with E-state index in [2.05, 4.69) is 4.99 Å². The van der Waals surface area contributed by atoms with Gasteiger partial charge in [0, 0.05) is 22.3 Å². The van der Waals surface area contributed by atoms with E-state index in [4.69, 9.17) is 34.8 Å². The van der Waals surface area contributed by atoms with Crippen LogP contribution in [0.15, 0.2) is 41.4 Å².